The first-order chi connectivity index (χ1) is 3.81. The minimum atomic E-state index is -0.773. The van der Waals surface area contributed by atoms with Crippen LogP contribution >= 0.6 is 9.19 Å². The van der Waals surface area contributed by atoms with Crippen molar-refractivity contribution in [3.05, 3.63) is 0 Å². The van der Waals surface area contributed by atoms with Gasteiger partial charge < -0.3 is 21.9 Å². The minimum absolute atomic E-state index is 0. The first-order valence-corrected chi connectivity index (χ1v) is 5.49. The normalized spacial score (nSPS) is 9.58. The standard InChI is InChI=1S/C3H7O3.Au.ClH.4H2O/c4-1-3(6)2-5;;;;;;/h3-4,6H,1-2H2;;1H;4*1H2/q-1;+2;;;;;/p-1. The first-order valence-electron chi connectivity index (χ1n) is 1.92. The van der Waals surface area contributed by atoms with Crippen LogP contribution in [0.4, 0.5) is 0 Å². The van der Waals surface area contributed by atoms with Gasteiger partial charge in [-0.2, -0.15) is 0 Å². The number of hydrogen-bond acceptors (Lipinski definition) is 3. The third kappa shape index (κ3) is 22.4. The van der Waals surface area contributed by atoms with E-state index in [1.54, 1.807) is 0 Å². The van der Waals surface area contributed by atoms with Crippen LogP contribution in [0.2, 0.25) is 0 Å². The predicted molar refractivity (Wildman–Crippen MR) is 39.4 cm³/mol. The Morgan fingerprint density at radius 3 is 1.92 bits per heavy atom. The van der Waals surface area contributed by atoms with Crippen LogP contribution < -0.4 is 0 Å². The van der Waals surface area contributed by atoms with Crippen molar-refractivity contribution >= 4 is 9.19 Å². The van der Waals surface area contributed by atoms with Crippen LogP contribution in [0.15, 0.2) is 0 Å². The molecule has 0 amide bonds. The second-order valence-electron chi connectivity index (χ2n) is 1.14. The van der Waals surface area contributed by atoms with Gasteiger partial charge in [-0.15, -0.1) is 0 Å². The van der Waals surface area contributed by atoms with E-state index in [4.69, 9.17) is 19.4 Å². The monoisotopic (exact) mass is 395 g/mol. The molecule has 0 radical (unpaired) electrons. The Labute approximate surface area is 83.2 Å². The summed E-state index contributed by atoms with van der Waals surface area (Å²) < 4.78 is 4.64. The molecule has 7 nitrogen and oxygen atoms in total. The molecule has 0 aliphatic carbocycles. The molecule has 0 spiro atoms. The second kappa shape index (κ2) is 22.6. The van der Waals surface area contributed by atoms with Gasteiger partial charge in [-0.05, 0) is 0 Å². The van der Waals surface area contributed by atoms with Gasteiger partial charge in [-0.3, -0.25) is 0 Å². The van der Waals surface area contributed by atoms with E-state index in [9.17, 15) is 0 Å². The Kier molecular flexibility index (Phi) is 55.2. The maximum absolute atomic E-state index is 8.57. The van der Waals surface area contributed by atoms with Gasteiger partial charge in [0.05, 0.1) is 0 Å². The molecular formula is C3H15AuClO7. The van der Waals surface area contributed by atoms with Crippen LogP contribution in [-0.4, -0.2) is 51.4 Å². The molecule has 0 saturated carbocycles. The molecule has 0 saturated heterocycles. The van der Waals surface area contributed by atoms with Crippen molar-refractivity contribution in [3.8, 4) is 0 Å². The number of halogens is 1. The van der Waals surface area contributed by atoms with Gasteiger partial charge in [-0.1, -0.05) is 0 Å². The second-order valence-corrected chi connectivity index (χ2v) is 2.86. The zero-order valence-electron chi connectivity index (χ0n) is 5.97. The summed E-state index contributed by atoms with van der Waals surface area (Å²) >= 11 is -0.640. The molecule has 1 atom stereocenters. The average molecular weight is 396 g/mol. The molecule has 10 N–H and O–H groups in total. The molecule has 1 unspecified atom stereocenters. The van der Waals surface area contributed by atoms with Crippen LogP contribution in [-0.2, 0) is 22.3 Å². The van der Waals surface area contributed by atoms with Gasteiger partial charge in [0.15, 0.2) is 0 Å². The van der Waals surface area contributed by atoms with E-state index in [1.165, 1.54) is 0 Å². The molecule has 0 fully saturated rings. The molecule has 0 aromatic rings. The molecular weight excluding hydrogens is 380 g/mol. The number of rotatable bonds is 4. The number of aliphatic hydroxyl groups is 2. The molecule has 12 heavy (non-hydrogen) atoms. The molecule has 9 heteroatoms. The van der Waals surface area contributed by atoms with E-state index < -0.39 is 25.2 Å². The Hall–Kier alpha value is 0.750. The predicted octanol–water partition coefficient (Wildman–Crippen LogP) is -3.79. The SMILES string of the molecule is O.O.O.O.OCC(O)C[O][Au][Cl]. The van der Waals surface area contributed by atoms with Crippen LogP contribution in [0.5, 0.6) is 0 Å². The fourth-order valence-corrected chi connectivity index (χ4v) is 0.994. The fourth-order valence-electron chi connectivity index (χ4n) is 0.130. The zero-order chi connectivity index (χ0) is 6.41. The van der Waals surface area contributed by atoms with Crippen molar-refractivity contribution in [1.29, 1.82) is 0 Å². The Balaban J connectivity index is -0.0000000408. The number of aliphatic hydroxyl groups excluding tert-OH is 2. The molecule has 0 rings (SSSR count). The Bertz CT molecular complexity index is 57.9. The third-order valence-electron chi connectivity index (χ3n) is 0.486. The quantitative estimate of drug-likeness (QED) is 0.465. The summed E-state index contributed by atoms with van der Waals surface area (Å²) in [6.07, 6.45) is -0.773. The van der Waals surface area contributed by atoms with Crippen molar-refractivity contribution in [1.82, 2.24) is 0 Å². The molecule has 0 bridgehead atoms. The molecule has 0 aromatic heterocycles. The summed E-state index contributed by atoms with van der Waals surface area (Å²) in [5, 5.41) is 16.8. The van der Waals surface area contributed by atoms with E-state index >= 15 is 0 Å². The molecule has 0 aliphatic rings. The summed E-state index contributed by atoms with van der Waals surface area (Å²) in [5.74, 6) is 0. The van der Waals surface area contributed by atoms with Crippen LogP contribution in [0.3, 0.4) is 0 Å². The molecule has 0 aromatic carbocycles. The van der Waals surface area contributed by atoms with E-state index in [-0.39, 0.29) is 35.1 Å². The van der Waals surface area contributed by atoms with Crippen LogP contribution in [0.1, 0.15) is 0 Å². The topological polar surface area (TPSA) is 176 Å². The van der Waals surface area contributed by atoms with Crippen molar-refractivity contribution < 1.29 is 54.4 Å². The maximum atomic E-state index is 8.57. The first kappa shape index (κ1) is 29.3. The van der Waals surface area contributed by atoms with Crippen molar-refractivity contribution in [2.75, 3.05) is 13.2 Å². The van der Waals surface area contributed by atoms with Gasteiger partial charge in [-0.25, -0.2) is 0 Å². The Morgan fingerprint density at radius 1 is 1.25 bits per heavy atom. The summed E-state index contributed by atoms with van der Waals surface area (Å²) in [5.41, 5.74) is 0. The number of hydrogen-bond donors (Lipinski definition) is 2. The van der Waals surface area contributed by atoms with Gasteiger partial charge >= 0.3 is 61.0 Å². The molecule has 0 heterocycles. The third-order valence-corrected chi connectivity index (χ3v) is 1.62. The van der Waals surface area contributed by atoms with Crippen LogP contribution in [0, 0.1) is 0 Å². The van der Waals surface area contributed by atoms with Gasteiger partial charge in [0.25, 0.3) is 0 Å². The van der Waals surface area contributed by atoms with Gasteiger partial charge in [0.1, 0.15) is 0 Å². The van der Waals surface area contributed by atoms with Crippen molar-refractivity contribution in [2.24, 2.45) is 0 Å². The fraction of sp³-hybridized carbons (Fsp3) is 1.00. The summed E-state index contributed by atoms with van der Waals surface area (Å²) in [7, 11) is 5.18. The van der Waals surface area contributed by atoms with Crippen molar-refractivity contribution in [3.63, 3.8) is 0 Å². The Morgan fingerprint density at radius 2 is 1.67 bits per heavy atom. The van der Waals surface area contributed by atoms with Crippen molar-refractivity contribution in [2.45, 2.75) is 6.10 Å². The molecule has 0 aliphatic heterocycles. The van der Waals surface area contributed by atoms with E-state index in [0.717, 1.165) is 0 Å². The van der Waals surface area contributed by atoms with Gasteiger partial charge in [0.2, 0.25) is 0 Å². The zero-order valence-corrected chi connectivity index (χ0v) is 8.90. The summed E-state index contributed by atoms with van der Waals surface area (Å²) in [4.78, 5) is 0. The van der Waals surface area contributed by atoms with E-state index in [1.807, 2.05) is 0 Å². The van der Waals surface area contributed by atoms with Crippen LogP contribution in [0.25, 0.3) is 0 Å². The summed E-state index contributed by atoms with van der Waals surface area (Å²) in [6, 6.07) is 0. The van der Waals surface area contributed by atoms with E-state index in [0.29, 0.717) is 0 Å². The summed E-state index contributed by atoms with van der Waals surface area (Å²) in [6.45, 7) is -0.125. The molecule has 87 valence electrons. The van der Waals surface area contributed by atoms with E-state index in [2.05, 4.69) is 3.24 Å². The average Bonchev–Trinajstić information content (AvgIpc) is 1.83. The van der Waals surface area contributed by atoms with Gasteiger partial charge in [0, 0.05) is 0 Å².